The van der Waals surface area contributed by atoms with Gasteiger partial charge in [-0.1, -0.05) is 0 Å². The van der Waals surface area contributed by atoms with E-state index < -0.39 is 12.2 Å². The summed E-state index contributed by atoms with van der Waals surface area (Å²) in [5, 5.41) is 5.52. The SMILES string of the molecule is O=C(Nc1ccc([Se][Se]c2ccc(NC(=O)OCc3ccccc3)cc2)cc1)OCc1ccccc1. The summed E-state index contributed by atoms with van der Waals surface area (Å²) in [6, 6.07) is 34.9. The van der Waals surface area contributed by atoms with Crippen LogP contribution < -0.4 is 19.6 Å². The number of anilines is 2. The Morgan fingerprint density at radius 2 is 0.889 bits per heavy atom. The number of carbonyl (C=O) groups excluding carboxylic acids is 2. The second-order valence-electron chi connectivity index (χ2n) is 7.59. The summed E-state index contributed by atoms with van der Waals surface area (Å²) in [5.74, 6) is 0. The van der Waals surface area contributed by atoms with Gasteiger partial charge in [0.25, 0.3) is 0 Å². The van der Waals surface area contributed by atoms with Crippen molar-refractivity contribution in [1.29, 1.82) is 0 Å². The molecule has 2 amide bonds. The molecule has 0 aliphatic heterocycles. The van der Waals surface area contributed by atoms with Crippen LogP contribution in [0.2, 0.25) is 0 Å². The predicted octanol–water partition coefficient (Wildman–Crippen LogP) is 4.46. The molecule has 0 saturated carbocycles. The van der Waals surface area contributed by atoms with Crippen LogP contribution in [0.3, 0.4) is 0 Å². The van der Waals surface area contributed by atoms with Crippen molar-refractivity contribution in [3.63, 3.8) is 0 Å². The summed E-state index contributed by atoms with van der Waals surface area (Å²) in [4.78, 5) is 24.0. The molecule has 0 aromatic heterocycles. The molecule has 0 radical (unpaired) electrons. The van der Waals surface area contributed by atoms with Gasteiger partial charge in [-0.05, 0) is 0 Å². The van der Waals surface area contributed by atoms with Gasteiger partial charge in [0.05, 0.1) is 0 Å². The fraction of sp³-hybridized carbons (Fsp3) is 0.0714. The van der Waals surface area contributed by atoms with E-state index in [0.29, 0.717) is 37.6 Å². The minimum absolute atomic E-state index is 0.236. The van der Waals surface area contributed by atoms with Crippen LogP contribution in [-0.4, -0.2) is 38.4 Å². The van der Waals surface area contributed by atoms with Gasteiger partial charge in [-0.3, -0.25) is 0 Å². The normalized spacial score (nSPS) is 10.3. The molecular weight excluding hydrogens is 586 g/mol. The first-order valence-corrected chi connectivity index (χ1v) is 17.2. The maximum atomic E-state index is 12.0. The summed E-state index contributed by atoms with van der Waals surface area (Å²) >= 11 is 0.589. The van der Waals surface area contributed by atoms with Crippen LogP contribution in [0, 0.1) is 0 Å². The molecule has 0 fully saturated rings. The maximum absolute atomic E-state index is 12.0. The first-order chi connectivity index (χ1) is 17.6. The van der Waals surface area contributed by atoms with Crippen LogP contribution in [0.15, 0.2) is 109 Å². The average molecular weight is 610 g/mol. The number of nitrogens with one attached hydrogen (secondary N) is 2. The molecule has 182 valence electrons. The summed E-state index contributed by atoms with van der Waals surface area (Å²) in [5.41, 5.74) is 3.30. The van der Waals surface area contributed by atoms with Crippen molar-refractivity contribution in [2.75, 3.05) is 10.6 Å². The zero-order valence-electron chi connectivity index (χ0n) is 19.3. The van der Waals surface area contributed by atoms with Gasteiger partial charge in [-0.15, -0.1) is 0 Å². The fourth-order valence-electron chi connectivity index (χ4n) is 3.04. The Hall–Kier alpha value is -3.54. The van der Waals surface area contributed by atoms with E-state index in [4.69, 9.17) is 9.47 Å². The van der Waals surface area contributed by atoms with Crippen LogP contribution in [-0.2, 0) is 22.7 Å². The van der Waals surface area contributed by atoms with Gasteiger partial charge in [0.1, 0.15) is 0 Å². The van der Waals surface area contributed by atoms with Crippen molar-refractivity contribution in [2.45, 2.75) is 13.2 Å². The van der Waals surface area contributed by atoms with Crippen molar-refractivity contribution in [3.8, 4) is 0 Å². The van der Waals surface area contributed by atoms with E-state index in [-0.39, 0.29) is 13.2 Å². The van der Waals surface area contributed by atoms with Crippen LogP contribution in [0.25, 0.3) is 0 Å². The van der Waals surface area contributed by atoms with Crippen molar-refractivity contribution in [2.24, 2.45) is 0 Å². The minimum atomic E-state index is -0.473. The van der Waals surface area contributed by atoms with E-state index in [9.17, 15) is 9.59 Å². The van der Waals surface area contributed by atoms with E-state index in [2.05, 4.69) is 10.6 Å². The molecule has 4 aromatic rings. The van der Waals surface area contributed by atoms with Crippen molar-refractivity contribution < 1.29 is 19.1 Å². The Labute approximate surface area is 221 Å². The Kier molecular flexibility index (Phi) is 9.60. The number of ether oxygens (including phenoxy) is 2. The molecule has 0 heterocycles. The average Bonchev–Trinajstić information content (AvgIpc) is 2.92. The Morgan fingerprint density at radius 1 is 0.528 bits per heavy atom. The number of benzene rings is 4. The molecule has 8 heteroatoms. The van der Waals surface area contributed by atoms with E-state index >= 15 is 0 Å². The monoisotopic (exact) mass is 612 g/mol. The van der Waals surface area contributed by atoms with Gasteiger partial charge in [0, 0.05) is 0 Å². The van der Waals surface area contributed by atoms with E-state index in [1.807, 2.05) is 109 Å². The van der Waals surface area contributed by atoms with E-state index in [1.54, 1.807) is 0 Å². The Morgan fingerprint density at radius 3 is 1.25 bits per heavy atom. The van der Waals surface area contributed by atoms with Gasteiger partial charge in [0.15, 0.2) is 0 Å². The number of carbonyl (C=O) groups is 2. The fourth-order valence-corrected chi connectivity index (χ4v) is 9.00. The van der Waals surface area contributed by atoms with Crippen LogP contribution >= 0.6 is 0 Å². The number of hydrogen-bond donors (Lipinski definition) is 2. The molecule has 0 saturated heterocycles. The van der Waals surface area contributed by atoms with Crippen molar-refractivity contribution in [3.05, 3.63) is 120 Å². The molecular formula is C28H24N2O4Se2. The molecule has 0 aliphatic rings. The molecule has 36 heavy (non-hydrogen) atoms. The third-order valence-corrected chi connectivity index (χ3v) is 12.1. The van der Waals surface area contributed by atoms with Gasteiger partial charge < -0.3 is 0 Å². The van der Waals surface area contributed by atoms with Crippen LogP contribution in [0.5, 0.6) is 0 Å². The Balaban J connectivity index is 1.17. The second kappa shape index (κ2) is 13.5. The number of rotatable bonds is 9. The van der Waals surface area contributed by atoms with Crippen LogP contribution in [0.4, 0.5) is 21.0 Å². The van der Waals surface area contributed by atoms with Gasteiger partial charge in [-0.2, -0.15) is 0 Å². The summed E-state index contributed by atoms with van der Waals surface area (Å²) in [6.45, 7) is 0.471. The predicted molar refractivity (Wildman–Crippen MR) is 144 cm³/mol. The second-order valence-corrected chi connectivity index (χ2v) is 13.9. The van der Waals surface area contributed by atoms with Crippen molar-refractivity contribution >= 4 is 58.7 Å². The first-order valence-electron chi connectivity index (χ1n) is 11.1. The third-order valence-electron chi connectivity index (χ3n) is 4.86. The molecule has 0 spiro atoms. The van der Waals surface area contributed by atoms with Crippen LogP contribution in [0.1, 0.15) is 11.1 Å². The summed E-state index contributed by atoms with van der Waals surface area (Å²) in [7, 11) is 0. The molecule has 0 unspecified atom stereocenters. The standard InChI is InChI=1S/C28H24N2O4Se2/c31-27(33-19-21-7-3-1-4-8-21)29-23-11-15-25(16-12-23)35-36-26-17-13-24(14-18-26)30-28(32)34-20-22-9-5-2-6-10-22/h1-18H,19-20H2,(H,29,31)(H,30,32). The molecule has 2 N–H and O–H groups in total. The number of amides is 2. The summed E-state index contributed by atoms with van der Waals surface area (Å²) in [6.07, 6.45) is -0.946. The van der Waals surface area contributed by atoms with Gasteiger partial charge in [-0.25, -0.2) is 0 Å². The van der Waals surface area contributed by atoms with Gasteiger partial charge >= 0.3 is 222 Å². The number of hydrogen-bond acceptors (Lipinski definition) is 4. The molecule has 4 rings (SSSR count). The van der Waals surface area contributed by atoms with E-state index in [0.717, 1.165) is 11.1 Å². The molecule has 6 nitrogen and oxygen atoms in total. The van der Waals surface area contributed by atoms with Gasteiger partial charge in [0.2, 0.25) is 0 Å². The zero-order chi connectivity index (χ0) is 25.0. The summed E-state index contributed by atoms with van der Waals surface area (Å²) < 4.78 is 13.0. The Bertz CT molecular complexity index is 1150. The zero-order valence-corrected chi connectivity index (χ0v) is 22.7. The third kappa shape index (κ3) is 8.59. The van der Waals surface area contributed by atoms with E-state index in [1.165, 1.54) is 8.92 Å². The molecule has 4 aromatic carbocycles. The molecule has 0 atom stereocenters. The topological polar surface area (TPSA) is 76.7 Å². The molecule has 0 aliphatic carbocycles. The molecule has 0 bridgehead atoms. The quantitative estimate of drug-likeness (QED) is 0.275. The van der Waals surface area contributed by atoms with Crippen molar-refractivity contribution in [1.82, 2.24) is 0 Å². The first kappa shape index (κ1) is 25.5.